The van der Waals surface area contributed by atoms with E-state index >= 15 is 0 Å². The third-order valence-electron chi connectivity index (χ3n) is 9.01. The van der Waals surface area contributed by atoms with Gasteiger partial charge in [0.15, 0.2) is 0 Å². The fraction of sp³-hybridized carbons (Fsp3) is 0.379. The molecule has 10 heteroatoms. The van der Waals surface area contributed by atoms with Crippen molar-refractivity contribution < 1.29 is 19.1 Å². The van der Waals surface area contributed by atoms with E-state index in [0.717, 1.165) is 33.2 Å². The summed E-state index contributed by atoms with van der Waals surface area (Å²) in [5.41, 5.74) is 2.58. The molecule has 8 nitrogen and oxygen atoms in total. The number of nitrogens with zero attached hydrogens (tertiary/aromatic N) is 1. The Labute approximate surface area is 233 Å². The second-order valence-corrected chi connectivity index (χ2v) is 13.0. The van der Waals surface area contributed by atoms with Crippen LogP contribution in [-0.2, 0) is 14.4 Å². The Morgan fingerprint density at radius 1 is 1.05 bits per heavy atom. The summed E-state index contributed by atoms with van der Waals surface area (Å²) >= 11 is 2.87. The van der Waals surface area contributed by atoms with E-state index in [1.54, 1.807) is 24.9 Å². The predicted octanol–water partition coefficient (Wildman–Crippen LogP) is 3.87. The van der Waals surface area contributed by atoms with Crippen LogP contribution in [-0.4, -0.2) is 46.5 Å². The Hall–Kier alpha value is -3.37. The lowest BCUT2D eigenvalue weighted by Crippen LogP contribution is -2.42. The number of rotatable bonds is 5. The zero-order valence-electron chi connectivity index (χ0n) is 21.4. The minimum absolute atomic E-state index is 0.00429. The summed E-state index contributed by atoms with van der Waals surface area (Å²) in [4.78, 5) is 57.9. The Morgan fingerprint density at radius 2 is 1.77 bits per heavy atom. The first-order chi connectivity index (χ1) is 18.9. The normalized spacial score (nSPS) is 30.2. The van der Waals surface area contributed by atoms with Gasteiger partial charge in [-0.25, -0.2) is 0 Å². The molecule has 6 unspecified atom stereocenters. The highest BCUT2D eigenvalue weighted by Crippen LogP contribution is 2.68. The minimum atomic E-state index is -0.440. The highest BCUT2D eigenvalue weighted by molar-refractivity contribution is 8.00. The van der Waals surface area contributed by atoms with Gasteiger partial charge in [0, 0.05) is 27.3 Å². The molecule has 3 fully saturated rings. The number of ether oxygens (including phenoxy) is 1. The maximum Gasteiger partial charge on any atom is 0.305 e. The molecule has 0 spiro atoms. The quantitative estimate of drug-likeness (QED) is 0.458. The maximum atomic E-state index is 13.8. The van der Waals surface area contributed by atoms with E-state index in [1.165, 1.54) is 16.2 Å². The molecule has 2 N–H and O–H groups in total. The number of anilines is 1. The van der Waals surface area contributed by atoms with Gasteiger partial charge in [-0.15, -0.1) is 11.8 Å². The molecule has 2 aliphatic carbocycles. The van der Waals surface area contributed by atoms with E-state index in [0.29, 0.717) is 5.69 Å². The van der Waals surface area contributed by atoms with Crippen LogP contribution in [0, 0.1) is 36.5 Å². The summed E-state index contributed by atoms with van der Waals surface area (Å²) in [6.07, 6.45) is 0.795. The van der Waals surface area contributed by atoms with Gasteiger partial charge < -0.3 is 15.0 Å². The van der Waals surface area contributed by atoms with E-state index in [9.17, 15) is 19.2 Å². The van der Waals surface area contributed by atoms with Gasteiger partial charge in [-0.3, -0.25) is 24.1 Å². The fourth-order valence-corrected chi connectivity index (χ4v) is 10.4. The van der Waals surface area contributed by atoms with Crippen molar-refractivity contribution >= 4 is 46.5 Å². The van der Waals surface area contributed by atoms with Gasteiger partial charge in [-0.2, -0.15) is 0 Å². The molecular formula is C29H27N3O5S2. The van der Waals surface area contributed by atoms with Crippen LogP contribution < -0.4 is 14.9 Å². The van der Waals surface area contributed by atoms with Crippen molar-refractivity contribution in [3.05, 3.63) is 74.2 Å². The van der Waals surface area contributed by atoms with Crippen molar-refractivity contribution in [3.8, 4) is 5.75 Å². The third-order valence-corrected chi connectivity index (χ3v) is 11.6. The van der Waals surface area contributed by atoms with E-state index < -0.39 is 11.8 Å². The number of likely N-dealkylation sites (tertiary alicyclic amines) is 1. The van der Waals surface area contributed by atoms with E-state index in [4.69, 9.17) is 4.74 Å². The largest absolute Gasteiger partial charge is 0.496 e. The molecule has 3 heterocycles. The van der Waals surface area contributed by atoms with Crippen LogP contribution in [0.5, 0.6) is 5.75 Å². The molecule has 1 saturated heterocycles. The number of aromatic nitrogens is 1. The highest BCUT2D eigenvalue weighted by Gasteiger charge is 2.69. The van der Waals surface area contributed by atoms with Gasteiger partial charge in [0.05, 0.1) is 24.0 Å². The van der Waals surface area contributed by atoms with Gasteiger partial charge in [0.25, 0.3) is 0 Å². The smallest absolute Gasteiger partial charge is 0.305 e. The number of carbonyl (C=O) groups is 3. The second-order valence-electron chi connectivity index (χ2n) is 10.8. The van der Waals surface area contributed by atoms with Gasteiger partial charge in [0.1, 0.15) is 12.3 Å². The Bertz CT molecular complexity index is 1580. The van der Waals surface area contributed by atoms with Crippen molar-refractivity contribution in [2.24, 2.45) is 29.6 Å². The van der Waals surface area contributed by atoms with Crippen molar-refractivity contribution in [1.29, 1.82) is 0 Å². The molecule has 2 aromatic carbocycles. The number of amides is 3. The summed E-state index contributed by atoms with van der Waals surface area (Å²) in [6.45, 7) is 1.62. The number of fused-ring (bicyclic) bond motifs is 9. The van der Waals surface area contributed by atoms with Crippen LogP contribution in [0.15, 0.2) is 58.4 Å². The Balaban J connectivity index is 1.21. The summed E-state index contributed by atoms with van der Waals surface area (Å²) in [7, 11) is 1.64. The van der Waals surface area contributed by atoms with Crippen LogP contribution >= 0.6 is 23.1 Å². The summed E-state index contributed by atoms with van der Waals surface area (Å²) in [6, 6.07) is 15.3. The first-order valence-corrected chi connectivity index (χ1v) is 14.8. The number of H-pyrrole nitrogens is 1. The Kier molecular flexibility index (Phi) is 5.75. The molecule has 39 heavy (non-hydrogen) atoms. The van der Waals surface area contributed by atoms with Crippen molar-refractivity contribution in [3.63, 3.8) is 0 Å². The number of methoxy groups -OCH3 is 1. The van der Waals surface area contributed by atoms with Crippen LogP contribution in [0.4, 0.5) is 5.69 Å². The third kappa shape index (κ3) is 3.64. The number of para-hydroxylation sites is 2. The van der Waals surface area contributed by atoms with E-state index in [-0.39, 0.29) is 58.1 Å². The molecule has 3 amide bonds. The van der Waals surface area contributed by atoms with Gasteiger partial charge in [-0.1, -0.05) is 47.7 Å². The molecule has 0 radical (unpaired) electrons. The molecule has 2 saturated carbocycles. The lowest BCUT2D eigenvalue weighted by Gasteiger charge is -2.43. The number of thioether (sulfide) groups is 1. The van der Waals surface area contributed by atoms with Gasteiger partial charge in [-0.05, 0) is 48.8 Å². The highest BCUT2D eigenvalue weighted by atomic mass is 32.2. The molecular weight excluding hydrogens is 534 g/mol. The summed E-state index contributed by atoms with van der Waals surface area (Å²) < 4.78 is 5.73. The fourth-order valence-electron chi connectivity index (χ4n) is 7.55. The van der Waals surface area contributed by atoms with Crippen LogP contribution in [0.2, 0.25) is 0 Å². The maximum absolute atomic E-state index is 13.8. The lowest BCUT2D eigenvalue weighted by molar-refractivity contribution is -0.143. The molecule has 2 aliphatic heterocycles. The number of hydrogen-bond acceptors (Lipinski definition) is 7. The molecule has 4 aliphatic rings. The molecule has 3 aromatic rings. The standard InChI is InChI=1S/C29H27N3O5S2/c1-13-7-3-5-9-17(13)30-19(33)12-32-27(34)22-15-11-16(23(22)28(32)35)24-21(15)20(14-8-4-6-10-18(14)37-2)25-26(38-24)31-29(36)39-25/h3-10,15-16,20-24H,11-12H2,1-2H3,(H,30,33)(H,31,36)/t15?,16?,20-,21?,22?,23?,24?/m1/s1. The van der Waals surface area contributed by atoms with Crippen LogP contribution in [0.25, 0.3) is 0 Å². The molecule has 200 valence electrons. The monoisotopic (exact) mass is 561 g/mol. The minimum Gasteiger partial charge on any atom is -0.496 e. The van der Waals surface area contributed by atoms with Crippen molar-refractivity contribution in [1.82, 2.24) is 9.88 Å². The molecule has 2 bridgehead atoms. The van der Waals surface area contributed by atoms with Crippen molar-refractivity contribution in [2.75, 3.05) is 19.0 Å². The number of benzene rings is 2. The number of imide groups is 1. The zero-order valence-corrected chi connectivity index (χ0v) is 23.0. The first kappa shape index (κ1) is 24.7. The lowest BCUT2D eigenvalue weighted by atomic mass is 9.68. The molecule has 7 atom stereocenters. The number of hydrogen-bond donors (Lipinski definition) is 2. The number of thiazole rings is 1. The average molecular weight is 562 g/mol. The van der Waals surface area contributed by atoms with Gasteiger partial charge in [0.2, 0.25) is 17.7 Å². The predicted molar refractivity (Wildman–Crippen MR) is 148 cm³/mol. The Morgan fingerprint density at radius 3 is 2.54 bits per heavy atom. The van der Waals surface area contributed by atoms with E-state index in [1.807, 2.05) is 49.4 Å². The SMILES string of the molecule is COc1ccccc1[C@H]1c2sc(=O)[nH]c2SC2C3CC(C4C(=O)N(CC(=O)Nc5ccccc5C)C(=O)C34)C21. The van der Waals surface area contributed by atoms with Crippen LogP contribution in [0.1, 0.15) is 28.3 Å². The topological polar surface area (TPSA) is 109 Å². The summed E-state index contributed by atoms with van der Waals surface area (Å²) in [5.74, 6) is -1.01. The van der Waals surface area contributed by atoms with Crippen LogP contribution in [0.3, 0.4) is 0 Å². The van der Waals surface area contributed by atoms with Crippen molar-refractivity contribution in [2.45, 2.75) is 29.5 Å². The van der Waals surface area contributed by atoms with E-state index in [2.05, 4.69) is 10.3 Å². The number of nitrogens with one attached hydrogen (secondary N) is 2. The van der Waals surface area contributed by atoms with Gasteiger partial charge >= 0.3 is 4.87 Å². The molecule has 1 aromatic heterocycles. The number of aryl methyl sites for hydroxylation is 1. The number of carbonyl (C=O) groups excluding carboxylic acids is 3. The summed E-state index contributed by atoms with van der Waals surface area (Å²) in [5, 5.41) is 3.79. The second kappa shape index (κ2) is 9.09. The zero-order chi connectivity index (χ0) is 27.0. The number of aromatic amines is 1. The average Bonchev–Trinajstić information content (AvgIpc) is 3.66. The molecule has 7 rings (SSSR count). The first-order valence-electron chi connectivity index (χ1n) is 13.1.